The summed E-state index contributed by atoms with van der Waals surface area (Å²) in [7, 11) is 0. The number of hydrogen-bond acceptors (Lipinski definition) is 3. The monoisotopic (exact) mass is 363 g/mol. The van der Waals surface area contributed by atoms with Gasteiger partial charge in [0.15, 0.2) is 0 Å². The Morgan fingerprint density at radius 1 is 1.04 bits per heavy atom. The zero-order valence-corrected chi connectivity index (χ0v) is 15.2. The van der Waals surface area contributed by atoms with Crippen molar-refractivity contribution in [2.45, 2.75) is 13.8 Å². The van der Waals surface area contributed by atoms with Crippen LogP contribution in [0.1, 0.15) is 11.1 Å². The first-order valence-corrected chi connectivity index (χ1v) is 8.53. The molecule has 138 valence electrons. The van der Waals surface area contributed by atoms with Crippen LogP contribution in [0.5, 0.6) is 0 Å². The number of aromatic nitrogens is 2. The maximum Gasteiger partial charge on any atom is 0.319 e. The van der Waals surface area contributed by atoms with Gasteiger partial charge in [-0.05, 0) is 55.3 Å². The molecule has 3 N–H and O–H groups in total. The van der Waals surface area contributed by atoms with Crippen LogP contribution in [0.2, 0.25) is 0 Å². The van der Waals surface area contributed by atoms with Crippen LogP contribution >= 0.6 is 0 Å². The van der Waals surface area contributed by atoms with Gasteiger partial charge in [0.1, 0.15) is 0 Å². The molecule has 3 amide bonds. The lowest BCUT2D eigenvalue weighted by atomic mass is 10.2. The second-order valence-corrected chi connectivity index (χ2v) is 6.18. The Morgan fingerprint density at radius 3 is 2.63 bits per heavy atom. The average Bonchev–Trinajstić information content (AvgIpc) is 3.16. The molecule has 0 saturated carbocycles. The predicted octanol–water partition coefficient (Wildman–Crippen LogP) is 3.25. The molecule has 1 aromatic heterocycles. The number of carbonyl (C=O) groups excluding carboxylic acids is 2. The summed E-state index contributed by atoms with van der Waals surface area (Å²) in [5.74, 6) is -0.310. The fourth-order valence-electron chi connectivity index (χ4n) is 2.56. The summed E-state index contributed by atoms with van der Waals surface area (Å²) in [6, 6.07) is 14.5. The molecule has 3 aromatic rings. The van der Waals surface area contributed by atoms with Gasteiger partial charge in [-0.1, -0.05) is 18.2 Å². The minimum Gasteiger partial charge on any atom is -0.329 e. The van der Waals surface area contributed by atoms with Crippen molar-refractivity contribution in [1.29, 1.82) is 0 Å². The molecule has 0 aliphatic rings. The SMILES string of the molecule is Cc1cccc(NC(=O)NCC(=O)Nc2cc(-n3cccn3)ccc2C)c1. The molecule has 0 spiro atoms. The summed E-state index contributed by atoms with van der Waals surface area (Å²) >= 11 is 0. The van der Waals surface area contributed by atoms with E-state index in [0.29, 0.717) is 11.4 Å². The molecular weight excluding hydrogens is 342 g/mol. The Kier molecular flexibility index (Phi) is 5.51. The van der Waals surface area contributed by atoms with Crippen molar-refractivity contribution in [2.75, 3.05) is 17.2 Å². The number of carbonyl (C=O) groups is 2. The molecule has 3 rings (SSSR count). The Morgan fingerprint density at radius 2 is 1.89 bits per heavy atom. The van der Waals surface area contributed by atoms with Gasteiger partial charge in [0.05, 0.1) is 12.2 Å². The van der Waals surface area contributed by atoms with E-state index in [2.05, 4.69) is 21.0 Å². The highest BCUT2D eigenvalue weighted by Crippen LogP contribution is 2.19. The van der Waals surface area contributed by atoms with Crippen molar-refractivity contribution in [3.63, 3.8) is 0 Å². The third kappa shape index (κ3) is 4.94. The van der Waals surface area contributed by atoms with Gasteiger partial charge < -0.3 is 16.0 Å². The van der Waals surface area contributed by atoms with Gasteiger partial charge in [0, 0.05) is 23.8 Å². The molecule has 7 heteroatoms. The third-order valence-corrected chi connectivity index (χ3v) is 3.95. The van der Waals surface area contributed by atoms with Crippen molar-refractivity contribution in [3.05, 3.63) is 72.1 Å². The smallest absolute Gasteiger partial charge is 0.319 e. The summed E-state index contributed by atoms with van der Waals surface area (Å²) in [4.78, 5) is 24.1. The van der Waals surface area contributed by atoms with Crippen molar-refractivity contribution in [3.8, 4) is 5.69 Å². The van der Waals surface area contributed by atoms with Gasteiger partial charge in [0.25, 0.3) is 0 Å². The van der Waals surface area contributed by atoms with Gasteiger partial charge in [-0.3, -0.25) is 4.79 Å². The molecule has 0 saturated heterocycles. The molecule has 2 aromatic carbocycles. The number of benzene rings is 2. The van der Waals surface area contributed by atoms with E-state index in [1.54, 1.807) is 16.9 Å². The summed E-state index contributed by atoms with van der Waals surface area (Å²) in [6.07, 6.45) is 3.52. The van der Waals surface area contributed by atoms with Crippen LogP contribution in [0, 0.1) is 13.8 Å². The summed E-state index contributed by atoms with van der Waals surface area (Å²) < 4.78 is 1.71. The highest BCUT2D eigenvalue weighted by molar-refractivity contribution is 5.97. The number of amides is 3. The van der Waals surface area contributed by atoms with Gasteiger partial charge in [-0.15, -0.1) is 0 Å². The number of aryl methyl sites for hydroxylation is 2. The second-order valence-electron chi connectivity index (χ2n) is 6.18. The second kappa shape index (κ2) is 8.18. The predicted molar refractivity (Wildman–Crippen MR) is 105 cm³/mol. The van der Waals surface area contributed by atoms with E-state index in [-0.39, 0.29) is 12.5 Å². The minimum absolute atomic E-state index is 0.136. The zero-order valence-electron chi connectivity index (χ0n) is 15.2. The van der Waals surface area contributed by atoms with Crippen LogP contribution in [0.25, 0.3) is 5.69 Å². The standard InChI is InChI=1S/C20H21N5O2/c1-14-5-3-6-16(11-14)23-20(27)21-13-19(26)24-18-12-17(8-7-15(18)2)25-10-4-9-22-25/h3-12H,13H2,1-2H3,(H,24,26)(H2,21,23,27). The number of nitrogens with zero attached hydrogens (tertiary/aromatic N) is 2. The molecule has 0 bridgehead atoms. The van der Waals surface area contributed by atoms with Gasteiger partial charge in [0.2, 0.25) is 5.91 Å². The highest BCUT2D eigenvalue weighted by Gasteiger charge is 2.09. The van der Waals surface area contributed by atoms with Crippen LogP contribution in [0.4, 0.5) is 16.2 Å². The molecular formula is C20H21N5O2. The number of nitrogens with one attached hydrogen (secondary N) is 3. The lowest BCUT2D eigenvalue weighted by molar-refractivity contribution is -0.115. The number of rotatable bonds is 5. The molecule has 27 heavy (non-hydrogen) atoms. The van der Waals surface area contributed by atoms with E-state index >= 15 is 0 Å². The normalized spacial score (nSPS) is 10.3. The molecule has 7 nitrogen and oxygen atoms in total. The molecule has 0 unspecified atom stereocenters. The Bertz CT molecular complexity index is 951. The summed E-state index contributed by atoms with van der Waals surface area (Å²) in [5, 5.41) is 12.3. The molecule has 0 aliphatic carbocycles. The maximum atomic E-state index is 12.2. The van der Waals surface area contributed by atoms with E-state index < -0.39 is 6.03 Å². The first kappa shape index (κ1) is 18.2. The Balaban J connectivity index is 1.56. The van der Waals surface area contributed by atoms with E-state index in [0.717, 1.165) is 16.8 Å². The Hall–Kier alpha value is -3.61. The van der Waals surface area contributed by atoms with E-state index in [4.69, 9.17) is 0 Å². The lowest BCUT2D eigenvalue weighted by Gasteiger charge is -2.12. The highest BCUT2D eigenvalue weighted by atomic mass is 16.2. The zero-order chi connectivity index (χ0) is 19.2. The van der Waals surface area contributed by atoms with Crippen molar-refractivity contribution < 1.29 is 9.59 Å². The van der Waals surface area contributed by atoms with Gasteiger partial charge in [-0.25, -0.2) is 9.48 Å². The van der Waals surface area contributed by atoms with Crippen LogP contribution < -0.4 is 16.0 Å². The summed E-state index contributed by atoms with van der Waals surface area (Å²) in [6.45, 7) is 3.71. The van der Waals surface area contributed by atoms with Crippen LogP contribution in [0.15, 0.2) is 60.9 Å². The van der Waals surface area contributed by atoms with E-state index in [1.165, 1.54) is 0 Å². The fraction of sp³-hybridized carbons (Fsp3) is 0.150. The molecule has 0 radical (unpaired) electrons. The van der Waals surface area contributed by atoms with Crippen LogP contribution in [0.3, 0.4) is 0 Å². The van der Waals surface area contributed by atoms with Gasteiger partial charge in [-0.2, -0.15) is 5.10 Å². The van der Waals surface area contributed by atoms with E-state index in [1.807, 2.05) is 62.5 Å². The Labute approximate surface area is 157 Å². The van der Waals surface area contributed by atoms with Crippen molar-refractivity contribution in [2.24, 2.45) is 0 Å². The van der Waals surface area contributed by atoms with E-state index in [9.17, 15) is 9.59 Å². The quantitative estimate of drug-likeness (QED) is 0.650. The fourth-order valence-corrected chi connectivity index (χ4v) is 2.56. The molecule has 0 atom stereocenters. The van der Waals surface area contributed by atoms with Gasteiger partial charge >= 0.3 is 6.03 Å². The molecule has 0 aliphatic heterocycles. The number of hydrogen-bond donors (Lipinski definition) is 3. The molecule has 0 fully saturated rings. The average molecular weight is 363 g/mol. The van der Waals surface area contributed by atoms with Crippen molar-refractivity contribution in [1.82, 2.24) is 15.1 Å². The number of anilines is 2. The van der Waals surface area contributed by atoms with Crippen molar-refractivity contribution >= 4 is 23.3 Å². The lowest BCUT2D eigenvalue weighted by Crippen LogP contribution is -2.35. The first-order valence-electron chi connectivity index (χ1n) is 8.53. The third-order valence-electron chi connectivity index (χ3n) is 3.95. The minimum atomic E-state index is -0.433. The maximum absolute atomic E-state index is 12.2. The largest absolute Gasteiger partial charge is 0.329 e. The topological polar surface area (TPSA) is 88.0 Å². The van der Waals surface area contributed by atoms with Crippen LogP contribution in [-0.4, -0.2) is 28.3 Å². The molecule has 1 heterocycles. The first-order chi connectivity index (χ1) is 13.0. The summed E-state index contributed by atoms with van der Waals surface area (Å²) in [5.41, 5.74) is 4.15. The number of urea groups is 1. The van der Waals surface area contributed by atoms with Crippen LogP contribution in [-0.2, 0) is 4.79 Å².